The molecule has 0 spiro atoms. The van der Waals surface area contributed by atoms with Gasteiger partial charge in [0.25, 0.3) is 0 Å². The zero-order valence-electron chi connectivity index (χ0n) is 11.4. The Morgan fingerprint density at radius 2 is 2.15 bits per heavy atom. The molecule has 20 heavy (non-hydrogen) atoms. The Labute approximate surface area is 124 Å². The van der Waals surface area contributed by atoms with Crippen molar-refractivity contribution in [3.63, 3.8) is 0 Å². The summed E-state index contributed by atoms with van der Waals surface area (Å²) in [5, 5.41) is 0. The molecule has 1 unspecified atom stereocenters. The van der Waals surface area contributed by atoms with Crippen LogP contribution in [0.5, 0.6) is 11.5 Å². The Hall–Kier alpha value is -1.46. The van der Waals surface area contributed by atoms with Gasteiger partial charge in [0.1, 0.15) is 0 Å². The lowest BCUT2D eigenvalue weighted by Crippen LogP contribution is -2.41. The average molecular weight is 299 g/mol. The summed E-state index contributed by atoms with van der Waals surface area (Å²) in [5.74, 6) is 1.55. The predicted octanol–water partition coefficient (Wildman–Crippen LogP) is 1.85. The minimum atomic E-state index is -0.449. The molecule has 3 rings (SSSR count). The van der Waals surface area contributed by atoms with Crippen LogP contribution in [0, 0.1) is 0 Å². The summed E-state index contributed by atoms with van der Waals surface area (Å²) in [4.78, 5) is 14.0. The Kier molecular flexibility index (Phi) is 4.40. The molecule has 1 fully saturated rings. The normalized spacial score (nSPS) is 21.5. The zero-order chi connectivity index (χ0) is 13.4. The number of hydrogen-bond donors (Lipinski definition) is 1. The third-order valence-electron chi connectivity index (χ3n) is 3.71. The lowest BCUT2D eigenvalue weighted by Gasteiger charge is -2.26. The number of carbonyl (C=O) groups excluding carboxylic acids is 1. The summed E-state index contributed by atoms with van der Waals surface area (Å²) >= 11 is 0. The van der Waals surface area contributed by atoms with Gasteiger partial charge in [-0.25, -0.2) is 0 Å². The van der Waals surface area contributed by atoms with E-state index in [1.54, 1.807) is 6.92 Å². The molecule has 1 amide bonds. The quantitative estimate of drug-likeness (QED) is 0.905. The number of ether oxygens (including phenoxy) is 2. The summed E-state index contributed by atoms with van der Waals surface area (Å²) in [6.45, 7) is 2.78. The van der Waals surface area contributed by atoms with E-state index in [1.807, 2.05) is 23.1 Å². The number of carbonyl (C=O) groups is 1. The van der Waals surface area contributed by atoms with Crippen molar-refractivity contribution in [1.82, 2.24) is 4.90 Å². The summed E-state index contributed by atoms with van der Waals surface area (Å²) in [5.41, 5.74) is 6.80. The van der Waals surface area contributed by atoms with Crippen LogP contribution < -0.4 is 15.2 Å². The van der Waals surface area contributed by atoms with E-state index in [4.69, 9.17) is 15.2 Å². The highest BCUT2D eigenvalue weighted by atomic mass is 35.5. The van der Waals surface area contributed by atoms with Crippen molar-refractivity contribution in [3.05, 3.63) is 23.8 Å². The monoisotopic (exact) mass is 298 g/mol. The standard InChI is InChI=1S/C14H18N2O3.ClH/c1-9(15)14(17)16-6-2-3-11(16)10-4-5-12-13(7-10)19-8-18-12;/h4-5,7,9,11H,2-3,6,8,15H2,1H3;1H/t9-,11?;/m0./s1. The van der Waals surface area contributed by atoms with Crippen LogP contribution in [0.2, 0.25) is 0 Å². The fourth-order valence-corrected chi connectivity index (χ4v) is 2.76. The molecule has 1 aromatic rings. The van der Waals surface area contributed by atoms with E-state index in [9.17, 15) is 4.79 Å². The second kappa shape index (κ2) is 5.89. The second-order valence-corrected chi connectivity index (χ2v) is 5.09. The van der Waals surface area contributed by atoms with Crippen LogP contribution in [0.3, 0.4) is 0 Å². The number of nitrogens with zero attached hydrogens (tertiary/aromatic N) is 1. The summed E-state index contributed by atoms with van der Waals surface area (Å²) in [7, 11) is 0. The Balaban J connectivity index is 0.00000147. The smallest absolute Gasteiger partial charge is 0.239 e. The highest BCUT2D eigenvalue weighted by molar-refractivity contribution is 5.85. The van der Waals surface area contributed by atoms with Crippen molar-refractivity contribution in [3.8, 4) is 11.5 Å². The molecule has 0 radical (unpaired) electrons. The highest BCUT2D eigenvalue weighted by Crippen LogP contribution is 2.38. The van der Waals surface area contributed by atoms with E-state index in [2.05, 4.69) is 0 Å². The van der Waals surface area contributed by atoms with Crippen LogP contribution in [0.15, 0.2) is 18.2 Å². The Morgan fingerprint density at radius 1 is 1.40 bits per heavy atom. The van der Waals surface area contributed by atoms with Crippen molar-refractivity contribution in [2.24, 2.45) is 5.73 Å². The molecule has 110 valence electrons. The average Bonchev–Trinajstić information content (AvgIpc) is 3.05. The van der Waals surface area contributed by atoms with Gasteiger partial charge in [0, 0.05) is 6.54 Å². The number of likely N-dealkylation sites (tertiary alicyclic amines) is 1. The minimum absolute atomic E-state index is 0. The molecular weight excluding hydrogens is 280 g/mol. The van der Waals surface area contributed by atoms with Crippen molar-refractivity contribution in [1.29, 1.82) is 0 Å². The van der Waals surface area contributed by atoms with Crippen LogP contribution >= 0.6 is 12.4 Å². The SMILES string of the molecule is C[C@H](N)C(=O)N1CCCC1c1ccc2c(c1)OCO2.Cl. The second-order valence-electron chi connectivity index (χ2n) is 5.09. The zero-order valence-corrected chi connectivity index (χ0v) is 12.2. The van der Waals surface area contributed by atoms with Gasteiger partial charge in [0.15, 0.2) is 11.5 Å². The van der Waals surface area contributed by atoms with Crippen LogP contribution in [-0.4, -0.2) is 30.2 Å². The summed E-state index contributed by atoms with van der Waals surface area (Å²) in [6, 6.07) is 5.54. The predicted molar refractivity (Wildman–Crippen MR) is 77.2 cm³/mol. The van der Waals surface area contributed by atoms with Gasteiger partial charge >= 0.3 is 0 Å². The van der Waals surface area contributed by atoms with E-state index < -0.39 is 6.04 Å². The molecule has 2 heterocycles. The number of rotatable bonds is 2. The van der Waals surface area contributed by atoms with Gasteiger partial charge in [0.05, 0.1) is 12.1 Å². The van der Waals surface area contributed by atoms with Gasteiger partial charge in [-0.05, 0) is 37.5 Å². The molecule has 0 saturated carbocycles. The molecule has 0 aliphatic carbocycles. The van der Waals surface area contributed by atoms with Crippen LogP contribution in [0.1, 0.15) is 31.4 Å². The molecule has 0 bridgehead atoms. The number of amides is 1. The number of hydrogen-bond acceptors (Lipinski definition) is 4. The molecule has 1 aromatic carbocycles. The molecule has 2 N–H and O–H groups in total. The van der Waals surface area contributed by atoms with E-state index in [1.165, 1.54) is 0 Å². The first-order valence-electron chi connectivity index (χ1n) is 6.62. The third kappa shape index (κ3) is 2.55. The lowest BCUT2D eigenvalue weighted by atomic mass is 10.0. The molecule has 2 aliphatic heterocycles. The first-order chi connectivity index (χ1) is 9.16. The number of benzene rings is 1. The maximum Gasteiger partial charge on any atom is 0.239 e. The Morgan fingerprint density at radius 3 is 2.90 bits per heavy atom. The van der Waals surface area contributed by atoms with Crippen molar-refractivity contribution in [2.75, 3.05) is 13.3 Å². The first-order valence-corrected chi connectivity index (χ1v) is 6.62. The maximum absolute atomic E-state index is 12.1. The first kappa shape index (κ1) is 14.9. The van der Waals surface area contributed by atoms with Gasteiger partial charge in [-0.1, -0.05) is 6.07 Å². The number of nitrogens with two attached hydrogens (primary N) is 1. The largest absolute Gasteiger partial charge is 0.454 e. The fraction of sp³-hybridized carbons (Fsp3) is 0.500. The van der Waals surface area contributed by atoms with Crippen molar-refractivity contribution >= 4 is 18.3 Å². The van der Waals surface area contributed by atoms with E-state index >= 15 is 0 Å². The topological polar surface area (TPSA) is 64.8 Å². The minimum Gasteiger partial charge on any atom is -0.454 e. The number of halogens is 1. The van der Waals surface area contributed by atoms with Gasteiger partial charge in [-0.3, -0.25) is 4.79 Å². The lowest BCUT2D eigenvalue weighted by molar-refractivity contribution is -0.133. The molecule has 0 aromatic heterocycles. The molecular formula is C14H19ClN2O3. The maximum atomic E-state index is 12.1. The van der Waals surface area contributed by atoms with Gasteiger partial charge in [-0.15, -0.1) is 12.4 Å². The van der Waals surface area contributed by atoms with Gasteiger partial charge in [0.2, 0.25) is 12.7 Å². The van der Waals surface area contributed by atoms with E-state index in [0.717, 1.165) is 36.4 Å². The fourth-order valence-electron chi connectivity index (χ4n) is 2.76. The Bertz CT molecular complexity index is 507. The molecule has 5 nitrogen and oxygen atoms in total. The van der Waals surface area contributed by atoms with Crippen LogP contribution in [0.4, 0.5) is 0 Å². The molecule has 2 aliphatic rings. The molecule has 6 heteroatoms. The molecule has 2 atom stereocenters. The molecule has 1 saturated heterocycles. The van der Waals surface area contributed by atoms with Crippen LogP contribution in [-0.2, 0) is 4.79 Å². The van der Waals surface area contributed by atoms with Crippen LogP contribution in [0.25, 0.3) is 0 Å². The highest BCUT2D eigenvalue weighted by Gasteiger charge is 2.32. The van der Waals surface area contributed by atoms with Crippen molar-refractivity contribution in [2.45, 2.75) is 31.8 Å². The third-order valence-corrected chi connectivity index (χ3v) is 3.71. The number of fused-ring (bicyclic) bond motifs is 1. The van der Waals surface area contributed by atoms with E-state index in [0.29, 0.717) is 0 Å². The van der Waals surface area contributed by atoms with E-state index in [-0.39, 0.29) is 31.1 Å². The van der Waals surface area contributed by atoms with Gasteiger partial charge in [-0.2, -0.15) is 0 Å². The van der Waals surface area contributed by atoms with Gasteiger partial charge < -0.3 is 20.1 Å². The summed E-state index contributed by atoms with van der Waals surface area (Å²) < 4.78 is 10.7. The van der Waals surface area contributed by atoms with Crippen molar-refractivity contribution < 1.29 is 14.3 Å². The summed E-state index contributed by atoms with van der Waals surface area (Å²) in [6.07, 6.45) is 1.98.